The largest absolute Gasteiger partial charge is 0.351 e. The lowest BCUT2D eigenvalue weighted by Crippen LogP contribution is -2.32. The van der Waals surface area contributed by atoms with Crippen molar-refractivity contribution in [3.05, 3.63) is 65.9 Å². The Morgan fingerprint density at radius 1 is 1.40 bits per heavy atom. The Morgan fingerprint density at radius 2 is 2.32 bits per heavy atom. The van der Waals surface area contributed by atoms with Gasteiger partial charge in [0, 0.05) is 23.2 Å². The number of hydrogen-bond donors (Lipinski definition) is 1. The summed E-state index contributed by atoms with van der Waals surface area (Å²) >= 11 is 1.64. The van der Waals surface area contributed by atoms with Crippen molar-refractivity contribution in [2.45, 2.75) is 30.0 Å². The number of carbonyl (C=O) groups is 1. The minimum Gasteiger partial charge on any atom is -0.351 e. The molecule has 0 saturated heterocycles. The zero-order chi connectivity index (χ0) is 17.2. The minimum atomic E-state index is -0.0803. The number of pyridine rings is 1. The van der Waals surface area contributed by atoms with Crippen LogP contribution in [0.1, 0.15) is 16.7 Å². The number of nitrogens with zero attached hydrogens (tertiary/aromatic N) is 4. The first-order valence-electron chi connectivity index (χ1n) is 8.03. The molecule has 2 aromatic heterocycles. The fraction of sp³-hybridized carbons (Fsp3) is 0.222. The van der Waals surface area contributed by atoms with E-state index in [1.165, 1.54) is 22.3 Å². The Labute approximate surface area is 149 Å². The molecule has 1 aliphatic rings. The Hall–Kier alpha value is -2.67. The smallest absolute Gasteiger partial charge is 0.234 e. The maximum atomic E-state index is 12.6. The standard InChI is InChI=1S/C18H17N5OS/c1-12-4-5-13-8-16(25-15(13)7-12)18(24)21-9-14-3-2-6-20-17(14)23-11-19-10-22-23/h2-7,10-11,16H,8-9H2,1H3,(H,21,24). The second kappa shape index (κ2) is 6.68. The first-order valence-corrected chi connectivity index (χ1v) is 8.91. The molecule has 25 heavy (non-hydrogen) atoms. The van der Waals surface area contributed by atoms with Gasteiger partial charge in [-0.25, -0.2) is 14.6 Å². The molecule has 1 atom stereocenters. The lowest BCUT2D eigenvalue weighted by molar-refractivity contribution is -0.120. The number of carbonyl (C=O) groups excluding carboxylic acids is 1. The van der Waals surface area contributed by atoms with Crippen molar-refractivity contribution in [3.63, 3.8) is 0 Å². The summed E-state index contributed by atoms with van der Waals surface area (Å²) in [6, 6.07) is 10.2. The average Bonchev–Trinajstić information content (AvgIpc) is 3.29. The zero-order valence-electron chi connectivity index (χ0n) is 13.7. The molecule has 0 radical (unpaired) electrons. The van der Waals surface area contributed by atoms with E-state index in [-0.39, 0.29) is 11.2 Å². The summed E-state index contributed by atoms with van der Waals surface area (Å²) in [7, 11) is 0. The summed E-state index contributed by atoms with van der Waals surface area (Å²) in [5.74, 6) is 0.727. The van der Waals surface area contributed by atoms with E-state index in [1.54, 1.807) is 29.0 Å². The highest BCUT2D eigenvalue weighted by Gasteiger charge is 2.28. The number of fused-ring (bicyclic) bond motifs is 1. The van der Waals surface area contributed by atoms with Gasteiger partial charge in [0.15, 0.2) is 5.82 Å². The molecule has 0 aliphatic carbocycles. The quantitative estimate of drug-likeness (QED) is 0.781. The van der Waals surface area contributed by atoms with Gasteiger partial charge in [0.1, 0.15) is 12.7 Å². The molecule has 0 saturated carbocycles. The predicted octanol–water partition coefficient (Wildman–Crippen LogP) is 2.30. The second-order valence-electron chi connectivity index (χ2n) is 5.97. The number of benzene rings is 1. The van der Waals surface area contributed by atoms with Crippen LogP contribution in [-0.4, -0.2) is 30.9 Å². The molecule has 3 aromatic rings. The van der Waals surface area contributed by atoms with Gasteiger partial charge < -0.3 is 5.32 Å². The van der Waals surface area contributed by atoms with Gasteiger partial charge in [-0.05, 0) is 31.0 Å². The van der Waals surface area contributed by atoms with Crippen molar-refractivity contribution in [3.8, 4) is 5.82 Å². The van der Waals surface area contributed by atoms with Gasteiger partial charge >= 0.3 is 0 Å². The zero-order valence-corrected chi connectivity index (χ0v) is 14.5. The van der Waals surface area contributed by atoms with E-state index in [0.29, 0.717) is 12.4 Å². The lowest BCUT2D eigenvalue weighted by Gasteiger charge is -2.12. The van der Waals surface area contributed by atoms with E-state index in [9.17, 15) is 4.79 Å². The molecule has 1 amide bonds. The highest BCUT2D eigenvalue weighted by atomic mass is 32.2. The summed E-state index contributed by atoms with van der Waals surface area (Å²) in [4.78, 5) is 22.1. The van der Waals surface area contributed by atoms with Crippen molar-refractivity contribution in [2.75, 3.05) is 0 Å². The van der Waals surface area contributed by atoms with Crippen LogP contribution in [0, 0.1) is 6.92 Å². The van der Waals surface area contributed by atoms with Crippen LogP contribution in [0.3, 0.4) is 0 Å². The third-order valence-electron chi connectivity index (χ3n) is 4.15. The van der Waals surface area contributed by atoms with Crippen molar-refractivity contribution >= 4 is 17.7 Å². The summed E-state index contributed by atoms with van der Waals surface area (Å²) in [5.41, 5.74) is 3.37. The molecule has 7 heteroatoms. The first kappa shape index (κ1) is 15.8. The van der Waals surface area contributed by atoms with Crippen molar-refractivity contribution < 1.29 is 4.79 Å². The molecule has 6 nitrogen and oxygen atoms in total. The van der Waals surface area contributed by atoms with E-state index in [2.05, 4.69) is 45.5 Å². The Bertz CT molecular complexity index is 910. The van der Waals surface area contributed by atoms with Crippen LogP contribution in [0.15, 0.2) is 54.1 Å². The number of aryl methyl sites for hydroxylation is 1. The number of amides is 1. The van der Waals surface area contributed by atoms with Crippen LogP contribution in [0.2, 0.25) is 0 Å². The van der Waals surface area contributed by atoms with Gasteiger partial charge in [0.25, 0.3) is 0 Å². The molecule has 1 unspecified atom stereocenters. The molecule has 1 aliphatic heterocycles. The van der Waals surface area contributed by atoms with E-state index in [1.807, 2.05) is 12.1 Å². The molecule has 4 rings (SSSR count). The maximum absolute atomic E-state index is 12.6. The van der Waals surface area contributed by atoms with Gasteiger partial charge in [-0.2, -0.15) is 5.10 Å². The molecule has 0 fully saturated rings. The molecular formula is C18H17N5OS. The number of nitrogens with one attached hydrogen (secondary N) is 1. The van der Waals surface area contributed by atoms with Gasteiger partial charge in [-0.3, -0.25) is 4.79 Å². The third-order valence-corrected chi connectivity index (χ3v) is 5.45. The Kier molecular flexibility index (Phi) is 4.23. The molecule has 0 bridgehead atoms. The Morgan fingerprint density at radius 3 is 3.16 bits per heavy atom. The fourth-order valence-electron chi connectivity index (χ4n) is 2.87. The van der Waals surface area contributed by atoms with E-state index < -0.39 is 0 Å². The average molecular weight is 351 g/mol. The van der Waals surface area contributed by atoms with E-state index in [4.69, 9.17) is 0 Å². The third kappa shape index (κ3) is 3.28. The van der Waals surface area contributed by atoms with Gasteiger partial charge in [0.2, 0.25) is 5.91 Å². The molecule has 1 N–H and O–H groups in total. The van der Waals surface area contributed by atoms with E-state index in [0.717, 1.165) is 12.0 Å². The molecule has 3 heterocycles. The maximum Gasteiger partial charge on any atom is 0.234 e. The normalized spacial score (nSPS) is 15.8. The van der Waals surface area contributed by atoms with Crippen molar-refractivity contribution in [2.24, 2.45) is 0 Å². The van der Waals surface area contributed by atoms with Gasteiger partial charge in [0.05, 0.1) is 5.25 Å². The fourth-order valence-corrected chi connectivity index (χ4v) is 4.19. The number of rotatable bonds is 4. The first-order chi connectivity index (χ1) is 12.2. The molecule has 0 spiro atoms. The summed E-state index contributed by atoms with van der Waals surface area (Å²) in [6.07, 6.45) is 5.54. The molecule has 126 valence electrons. The van der Waals surface area contributed by atoms with Crippen LogP contribution in [-0.2, 0) is 17.8 Å². The Balaban J connectivity index is 1.44. The van der Waals surface area contributed by atoms with Crippen LogP contribution < -0.4 is 5.32 Å². The SMILES string of the molecule is Cc1ccc2c(c1)SC(C(=O)NCc1cccnc1-n1cncn1)C2. The van der Waals surface area contributed by atoms with Crippen LogP contribution >= 0.6 is 11.8 Å². The number of aromatic nitrogens is 4. The highest BCUT2D eigenvalue weighted by molar-refractivity contribution is 8.01. The van der Waals surface area contributed by atoms with Crippen LogP contribution in [0.5, 0.6) is 0 Å². The van der Waals surface area contributed by atoms with Crippen molar-refractivity contribution in [1.82, 2.24) is 25.1 Å². The molecular weight excluding hydrogens is 334 g/mol. The monoisotopic (exact) mass is 351 g/mol. The lowest BCUT2D eigenvalue weighted by atomic mass is 10.1. The van der Waals surface area contributed by atoms with Crippen molar-refractivity contribution in [1.29, 1.82) is 0 Å². The molecule has 1 aromatic carbocycles. The summed E-state index contributed by atoms with van der Waals surface area (Å²) in [6.45, 7) is 2.48. The topological polar surface area (TPSA) is 72.7 Å². The van der Waals surface area contributed by atoms with Gasteiger partial charge in [-0.1, -0.05) is 23.8 Å². The van der Waals surface area contributed by atoms with E-state index >= 15 is 0 Å². The second-order valence-corrected chi connectivity index (χ2v) is 7.21. The van der Waals surface area contributed by atoms with Gasteiger partial charge in [-0.15, -0.1) is 11.8 Å². The number of thioether (sulfide) groups is 1. The van der Waals surface area contributed by atoms with Crippen LogP contribution in [0.4, 0.5) is 0 Å². The minimum absolute atomic E-state index is 0.0484. The predicted molar refractivity (Wildman–Crippen MR) is 95.5 cm³/mol. The van der Waals surface area contributed by atoms with Crippen LogP contribution in [0.25, 0.3) is 5.82 Å². The number of hydrogen-bond acceptors (Lipinski definition) is 5. The highest BCUT2D eigenvalue weighted by Crippen LogP contribution is 2.37. The summed E-state index contributed by atoms with van der Waals surface area (Å²) < 4.78 is 1.60. The summed E-state index contributed by atoms with van der Waals surface area (Å²) in [5, 5.41) is 7.06.